The van der Waals surface area contributed by atoms with Gasteiger partial charge in [-0.25, -0.2) is 0 Å². The van der Waals surface area contributed by atoms with Gasteiger partial charge in [-0.3, -0.25) is 4.79 Å². The fourth-order valence-corrected chi connectivity index (χ4v) is 4.34. The molecule has 0 radical (unpaired) electrons. The highest BCUT2D eigenvalue weighted by Crippen LogP contribution is 2.41. The number of carbonyl (C=O) groups excluding carboxylic acids is 1. The van der Waals surface area contributed by atoms with Gasteiger partial charge >= 0.3 is 0 Å². The van der Waals surface area contributed by atoms with Crippen molar-refractivity contribution in [1.29, 1.82) is 0 Å². The van der Waals surface area contributed by atoms with E-state index in [1.807, 2.05) is 35.2 Å². The summed E-state index contributed by atoms with van der Waals surface area (Å²) in [5.41, 5.74) is 3.06. The van der Waals surface area contributed by atoms with Crippen LogP contribution in [0.5, 0.6) is 17.2 Å². The van der Waals surface area contributed by atoms with Crippen LogP contribution in [-0.4, -0.2) is 43.9 Å². The van der Waals surface area contributed by atoms with Crippen LogP contribution in [0.25, 0.3) is 11.1 Å². The highest BCUT2D eigenvalue weighted by Gasteiger charge is 2.44. The summed E-state index contributed by atoms with van der Waals surface area (Å²) in [6.45, 7) is 1.90. The molecule has 6 nitrogen and oxygen atoms in total. The van der Waals surface area contributed by atoms with Crippen molar-refractivity contribution in [2.45, 2.75) is 38.1 Å². The van der Waals surface area contributed by atoms with Gasteiger partial charge in [-0.15, -0.1) is 0 Å². The molecule has 2 heterocycles. The lowest BCUT2D eigenvalue weighted by atomic mass is 9.98. The van der Waals surface area contributed by atoms with E-state index in [-0.39, 0.29) is 5.92 Å². The maximum Gasteiger partial charge on any atom is 0.225 e. The third-order valence-electron chi connectivity index (χ3n) is 6.33. The van der Waals surface area contributed by atoms with Crippen molar-refractivity contribution in [3.05, 3.63) is 42.0 Å². The van der Waals surface area contributed by atoms with Crippen molar-refractivity contribution in [2.75, 3.05) is 27.3 Å². The molecule has 6 heteroatoms. The Bertz CT molecular complexity index is 960. The average molecular weight is 409 g/mol. The van der Waals surface area contributed by atoms with E-state index in [2.05, 4.69) is 6.07 Å². The van der Waals surface area contributed by atoms with E-state index in [0.717, 1.165) is 46.8 Å². The maximum absolute atomic E-state index is 12.3. The average Bonchev–Trinajstić information content (AvgIpc) is 3.64. The van der Waals surface area contributed by atoms with Crippen LogP contribution in [0.1, 0.15) is 31.2 Å². The summed E-state index contributed by atoms with van der Waals surface area (Å²) in [6, 6.07) is 12.0. The first-order valence-electron chi connectivity index (χ1n) is 10.6. The van der Waals surface area contributed by atoms with Gasteiger partial charge in [0.05, 0.1) is 20.8 Å². The number of carbonyl (C=O) groups is 1. The predicted molar refractivity (Wildman–Crippen MR) is 112 cm³/mol. The number of hydrogen-bond acceptors (Lipinski definition) is 5. The fourth-order valence-electron chi connectivity index (χ4n) is 4.34. The smallest absolute Gasteiger partial charge is 0.225 e. The van der Waals surface area contributed by atoms with Crippen molar-refractivity contribution in [1.82, 2.24) is 4.90 Å². The van der Waals surface area contributed by atoms with Crippen LogP contribution in [0.15, 0.2) is 36.4 Å². The molecule has 2 aromatic rings. The quantitative estimate of drug-likeness (QED) is 0.764. The Morgan fingerprint density at radius 3 is 2.57 bits per heavy atom. The predicted octanol–water partition coefficient (Wildman–Crippen LogP) is 4.01. The number of fused-ring (bicyclic) bond motifs is 1. The second-order valence-electron chi connectivity index (χ2n) is 8.29. The standard InChI is InChI=1S/C24H27NO5/c1-27-19-6-7-20(22(14-19)28-2)17-5-8-21-18(13-17)15-29-24(30-21)9-11-25(12-10-24)23(26)16-3-4-16/h5-8,13-14,16H,3-4,9-12,15H2,1-2H3. The van der Waals surface area contributed by atoms with Crippen LogP contribution in [0.2, 0.25) is 0 Å². The summed E-state index contributed by atoms with van der Waals surface area (Å²) in [5, 5.41) is 0. The van der Waals surface area contributed by atoms with Crippen molar-refractivity contribution in [3.8, 4) is 28.4 Å². The molecule has 0 N–H and O–H groups in total. The third-order valence-corrected chi connectivity index (χ3v) is 6.33. The number of nitrogens with zero attached hydrogens (tertiary/aromatic N) is 1. The zero-order chi connectivity index (χ0) is 20.7. The molecule has 0 aromatic heterocycles. The zero-order valence-electron chi connectivity index (χ0n) is 17.5. The molecule has 1 spiro atoms. The van der Waals surface area contributed by atoms with Gasteiger partial charge in [0.25, 0.3) is 0 Å². The van der Waals surface area contributed by atoms with Gasteiger partial charge in [0.2, 0.25) is 11.7 Å². The van der Waals surface area contributed by atoms with Crippen LogP contribution < -0.4 is 14.2 Å². The number of ether oxygens (including phenoxy) is 4. The van der Waals surface area contributed by atoms with Crippen LogP contribution in [-0.2, 0) is 16.1 Å². The summed E-state index contributed by atoms with van der Waals surface area (Å²) in [7, 11) is 3.30. The summed E-state index contributed by atoms with van der Waals surface area (Å²) in [5.74, 6) is 2.33. The van der Waals surface area contributed by atoms with Gasteiger partial charge in [-0.05, 0) is 42.7 Å². The van der Waals surface area contributed by atoms with Gasteiger partial charge in [-0.2, -0.15) is 0 Å². The Hall–Kier alpha value is -2.73. The minimum absolute atomic E-state index is 0.265. The van der Waals surface area contributed by atoms with Gasteiger partial charge in [0.15, 0.2) is 0 Å². The Kier molecular flexibility index (Phi) is 4.82. The summed E-state index contributed by atoms with van der Waals surface area (Å²) in [4.78, 5) is 14.3. The van der Waals surface area contributed by atoms with E-state index < -0.39 is 5.79 Å². The van der Waals surface area contributed by atoms with E-state index in [1.165, 1.54) is 0 Å². The van der Waals surface area contributed by atoms with Crippen molar-refractivity contribution < 1.29 is 23.7 Å². The molecule has 2 fully saturated rings. The Balaban J connectivity index is 1.32. The van der Waals surface area contributed by atoms with E-state index in [9.17, 15) is 4.79 Å². The molecule has 2 aromatic carbocycles. The number of benzene rings is 2. The van der Waals surface area contributed by atoms with Crippen molar-refractivity contribution >= 4 is 5.91 Å². The van der Waals surface area contributed by atoms with E-state index in [1.54, 1.807) is 14.2 Å². The molecule has 1 saturated heterocycles. The molecular weight excluding hydrogens is 382 g/mol. The van der Waals surface area contributed by atoms with Gasteiger partial charge in [0.1, 0.15) is 17.2 Å². The number of rotatable bonds is 4. The second-order valence-corrected chi connectivity index (χ2v) is 8.29. The third kappa shape index (κ3) is 3.49. The maximum atomic E-state index is 12.3. The minimum atomic E-state index is -0.618. The van der Waals surface area contributed by atoms with E-state index in [4.69, 9.17) is 18.9 Å². The lowest BCUT2D eigenvalue weighted by molar-refractivity contribution is -0.227. The summed E-state index contributed by atoms with van der Waals surface area (Å²) in [6.07, 6.45) is 3.50. The highest BCUT2D eigenvalue weighted by atomic mass is 16.7. The molecule has 30 heavy (non-hydrogen) atoms. The minimum Gasteiger partial charge on any atom is -0.497 e. The molecule has 1 saturated carbocycles. The molecule has 0 atom stereocenters. The monoisotopic (exact) mass is 409 g/mol. The fraction of sp³-hybridized carbons (Fsp3) is 0.458. The molecule has 0 bridgehead atoms. The molecule has 1 amide bonds. The molecule has 3 aliphatic rings. The summed E-state index contributed by atoms with van der Waals surface area (Å²) < 4.78 is 23.4. The topological polar surface area (TPSA) is 57.2 Å². The largest absolute Gasteiger partial charge is 0.497 e. The first-order valence-corrected chi connectivity index (χ1v) is 10.6. The van der Waals surface area contributed by atoms with Gasteiger partial charge in [-0.1, -0.05) is 6.07 Å². The van der Waals surface area contributed by atoms with Crippen molar-refractivity contribution in [3.63, 3.8) is 0 Å². The second kappa shape index (κ2) is 7.51. The molecule has 0 unspecified atom stereocenters. The first-order chi connectivity index (χ1) is 14.6. The lowest BCUT2D eigenvalue weighted by Crippen LogP contribution is -2.52. The molecule has 1 aliphatic carbocycles. The number of methoxy groups -OCH3 is 2. The Morgan fingerprint density at radius 2 is 1.87 bits per heavy atom. The lowest BCUT2D eigenvalue weighted by Gasteiger charge is -2.44. The number of hydrogen-bond donors (Lipinski definition) is 0. The van der Waals surface area contributed by atoms with E-state index in [0.29, 0.717) is 38.4 Å². The number of likely N-dealkylation sites (tertiary alicyclic amines) is 1. The zero-order valence-corrected chi connectivity index (χ0v) is 17.5. The SMILES string of the molecule is COc1ccc(-c2ccc3c(c2)COC2(CCN(C(=O)C4CC4)CC2)O3)c(OC)c1. The highest BCUT2D eigenvalue weighted by molar-refractivity contribution is 5.81. The van der Waals surface area contributed by atoms with Crippen LogP contribution in [0.4, 0.5) is 0 Å². The van der Waals surface area contributed by atoms with Crippen molar-refractivity contribution in [2.24, 2.45) is 5.92 Å². The molecular formula is C24H27NO5. The molecule has 2 aliphatic heterocycles. The Morgan fingerprint density at radius 1 is 1.07 bits per heavy atom. The molecule has 158 valence electrons. The Labute approximate surface area is 176 Å². The number of piperidine rings is 1. The summed E-state index contributed by atoms with van der Waals surface area (Å²) >= 11 is 0. The van der Waals surface area contributed by atoms with Gasteiger partial charge in [0, 0.05) is 49.0 Å². The number of amides is 1. The van der Waals surface area contributed by atoms with Crippen LogP contribution in [0.3, 0.4) is 0 Å². The van der Waals surface area contributed by atoms with E-state index >= 15 is 0 Å². The van der Waals surface area contributed by atoms with Crippen LogP contribution >= 0.6 is 0 Å². The first kappa shape index (κ1) is 19.2. The molecule has 5 rings (SSSR count). The van der Waals surface area contributed by atoms with Crippen LogP contribution in [0, 0.1) is 5.92 Å². The normalized spacial score (nSPS) is 19.7. The van der Waals surface area contributed by atoms with Gasteiger partial charge < -0.3 is 23.8 Å².